The van der Waals surface area contributed by atoms with E-state index in [1.807, 2.05) is 4.90 Å². The van der Waals surface area contributed by atoms with E-state index in [9.17, 15) is 9.59 Å². The highest BCUT2D eigenvalue weighted by Gasteiger charge is 2.18. The zero-order valence-corrected chi connectivity index (χ0v) is 27.2. The van der Waals surface area contributed by atoms with Gasteiger partial charge in [-0.15, -0.1) is 0 Å². The number of likely N-dealkylation sites (N-methyl/N-ethyl adjacent to an activating group) is 1. The van der Waals surface area contributed by atoms with Gasteiger partial charge in [0.1, 0.15) is 5.78 Å². The van der Waals surface area contributed by atoms with Crippen molar-refractivity contribution in [2.45, 2.75) is 19.8 Å². The predicted octanol–water partition coefficient (Wildman–Crippen LogP) is 0.296. The molecule has 0 N–H and O–H groups in total. The van der Waals surface area contributed by atoms with Gasteiger partial charge in [0.05, 0.1) is 139 Å². The van der Waals surface area contributed by atoms with E-state index in [-0.39, 0.29) is 11.7 Å². The van der Waals surface area contributed by atoms with Crippen molar-refractivity contribution in [3.8, 4) is 0 Å². The molecule has 1 aliphatic rings. The summed E-state index contributed by atoms with van der Waals surface area (Å²) >= 11 is 0. The van der Waals surface area contributed by atoms with Gasteiger partial charge in [-0.1, -0.05) is 0 Å². The molecule has 0 radical (unpaired) electrons. The first-order chi connectivity index (χ1) is 21.6. The van der Waals surface area contributed by atoms with Gasteiger partial charge in [0.15, 0.2) is 0 Å². The van der Waals surface area contributed by atoms with Crippen LogP contribution in [0.5, 0.6) is 0 Å². The van der Waals surface area contributed by atoms with Gasteiger partial charge >= 0.3 is 0 Å². The summed E-state index contributed by atoms with van der Waals surface area (Å²) in [5.41, 5.74) is 0. The standard InChI is InChI=1S/C30H58N2O12/c1-29(33)3-9-35-11-13-37-15-17-39-19-21-41-23-25-43-27-28-44-26-24-42-22-20-40-18-16-38-14-12-36-10-4-30(34)32-7-5-31(2)6-8-32/h3-28H2,1-2H3. The number of carbonyl (C=O) groups is 2. The number of rotatable bonds is 33. The average Bonchev–Trinajstić information content (AvgIpc) is 3.01. The zero-order chi connectivity index (χ0) is 31.8. The molecule has 1 saturated heterocycles. The lowest BCUT2D eigenvalue weighted by Crippen LogP contribution is -2.47. The number of ketones is 1. The minimum absolute atomic E-state index is 0.125. The number of piperazine rings is 1. The molecule has 1 heterocycles. The smallest absolute Gasteiger partial charge is 0.224 e. The summed E-state index contributed by atoms with van der Waals surface area (Å²) in [5, 5.41) is 0. The number of nitrogens with zero attached hydrogens (tertiary/aromatic N) is 2. The Morgan fingerprint density at radius 2 is 0.659 bits per heavy atom. The maximum Gasteiger partial charge on any atom is 0.224 e. The van der Waals surface area contributed by atoms with Gasteiger partial charge in [-0.25, -0.2) is 0 Å². The molecular formula is C30H58N2O12. The molecule has 0 aromatic heterocycles. The van der Waals surface area contributed by atoms with E-state index >= 15 is 0 Å². The normalized spacial score (nSPS) is 14.0. The van der Waals surface area contributed by atoms with Crippen LogP contribution < -0.4 is 0 Å². The van der Waals surface area contributed by atoms with Crippen molar-refractivity contribution in [1.29, 1.82) is 0 Å². The fourth-order valence-corrected chi connectivity index (χ4v) is 3.67. The molecule has 14 nitrogen and oxygen atoms in total. The van der Waals surface area contributed by atoms with Crippen LogP contribution in [0.3, 0.4) is 0 Å². The average molecular weight is 639 g/mol. The first-order valence-corrected chi connectivity index (χ1v) is 15.8. The van der Waals surface area contributed by atoms with Crippen molar-refractivity contribution in [1.82, 2.24) is 9.80 Å². The topological polar surface area (TPSA) is 133 Å². The van der Waals surface area contributed by atoms with Crippen LogP contribution in [0.25, 0.3) is 0 Å². The van der Waals surface area contributed by atoms with E-state index in [1.165, 1.54) is 0 Å². The van der Waals surface area contributed by atoms with Crippen LogP contribution >= 0.6 is 0 Å². The lowest BCUT2D eigenvalue weighted by molar-refractivity contribution is -0.134. The first kappa shape index (κ1) is 40.7. The van der Waals surface area contributed by atoms with E-state index < -0.39 is 0 Å². The van der Waals surface area contributed by atoms with Gasteiger partial charge in [0, 0.05) is 32.6 Å². The van der Waals surface area contributed by atoms with Gasteiger partial charge in [-0.05, 0) is 14.0 Å². The fraction of sp³-hybridized carbons (Fsp3) is 0.933. The van der Waals surface area contributed by atoms with Crippen LogP contribution in [0.1, 0.15) is 19.8 Å². The van der Waals surface area contributed by atoms with Gasteiger partial charge in [-0.3, -0.25) is 9.59 Å². The number of Topliss-reactive ketones (excluding diaryl/α,β-unsaturated/α-hetero) is 1. The van der Waals surface area contributed by atoms with Crippen LogP contribution in [0.4, 0.5) is 0 Å². The van der Waals surface area contributed by atoms with E-state index in [2.05, 4.69) is 11.9 Å². The zero-order valence-electron chi connectivity index (χ0n) is 27.2. The highest BCUT2D eigenvalue weighted by Crippen LogP contribution is 2.02. The third kappa shape index (κ3) is 28.2. The number of carbonyl (C=O) groups excluding carboxylic acids is 2. The number of hydrogen-bond acceptors (Lipinski definition) is 13. The molecule has 14 heteroatoms. The van der Waals surface area contributed by atoms with Crippen LogP contribution in [0.2, 0.25) is 0 Å². The van der Waals surface area contributed by atoms with Crippen molar-refractivity contribution in [3.63, 3.8) is 0 Å². The lowest BCUT2D eigenvalue weighted by Gasteiger charge is -2.32. The molecule has 1 aliphatic heterocycles. The van der Waals surface area contributed by atoms with Crippen molar-refractivity contribution in [2.75, 3.05) is 165 Å². The molecule has 0 spiro atoms. The van der Waals surface area contributed by atoms with E-state index in [1.54, 1.807) is 6.92 Å². The molecule has 0 aromatic carbocycles. The lowest BCUT2D eigenvalue weighted by atomic mass is 10.3. The van der Waals surface area contributed by atoms with Crippen LogP contribution in [-0.4, -0.2) is 187 Å². The van der Waals surface area contributed by atoms with Gasteiger partial charge in [0.25, 0.3) is 0 Å². The summed E-state index contributed by atoms with van der Waals surface area (Å²) in [5.74, 6) is 0.285. The number of hydrogen-bond donors (Lipinski definition) is 0. The maximum absolute atomic E-state index is 12.1. The molecule has 0 aromatic rings. The third-order valence-electron chi connectivity index (χ3n) is 6.26. The Morgan fingerprint density at radius 1 is 0.409 bits per heavy atom. The van der Waals surface area contributed by atoms with Crippen molar-refractivity contribution in [3.05, 3.63) is 0 Å². The Kier molecular flexibility index (Phi) is 29.3. The van der Waals surface area contributed by atoms with Crippen LogP contribution in [0.15, 0.2) is 0 Å². The van der Waals surface area contributed by atoms with Crippen molar-refractivity contribution >= 4 is 11.7 Å². The second-order valence-corrected chi connectivity index (χ2v) is 10.0. The van der Waals surface area contributed by atoms with Crippen LogP contribution in [-0.2, 0) is 57.0 Å². The molecule has 0 bridgehead atoms. The predicted molar refractivity (Wildman–Crippen MR) is 162 cm³/mol. The third-order valence-corrected chi connectivity index (χ3v) is 6.26. The van der Waals surface area contributed by atoms with E-state index in [4.69, 9.17) is 47.4 Å². The maximum atomic E-state index is 12.1. The highest BCUT2D eigenvalue weighted by atomic mass is 16.6. The highest BCUT2D eigenvalue weighted by molar-refractivity contribution is 5.76. The molecule has 1 rings (SSSR count). The summed E-state index contributed by atoms with van der Waals surface area (Å²) < 4.78 is 54.4. The first-order valence-electron chi connectivity index (χ1n) is 15.8. The summed E-state index contributed by atoms with van der Waals surface area (Å²) in [6, 6.07) is 0. The molecular weight excluding hydrogens is 580 g/mol. The summed E-state index contributed by atoms with van der Waals surface area (Å²) in [7, 11) is 2.07. The van der Waals surface area contributed by atoms with Crippen LogP contribution in [0, 0.1) is 0 Å². The summed E-state index contributed by atoms with van der Waals surface area (Å²) in [4.78, 5) is 27.0. The number of ether oxygens (including phenoxy) is 10. The largest absolute Gasteiger partial charge is 0.379 e. The number of amides is 1. The molecule has 1 amide bonds. The molecule has 44 heavy (non-hydrogen) atoms. The monoisotopic (exact) mass is 638 g/mol. The van der Waals surface area contributed by atoms with Gasteiger partial charge in [0.2, 0.25) is 5.91 Å². The Balaban J connectivity index is 1.64. The minimum Gasteiger partial charge on any atom is -0.379 e. The minimum atomic E-state index is 0.125. The second-order valence-electron chi connectivity index (χ2n) is 10.0. The SMILES string of the molecule is CC(=O)CCOCCOCCOCCOCCOCCOCCOCCOCCOCCOCCC(=O)N1CCN(C)CC1. The summed E-state index contributed by atoms with van der Waals surface area (Å²) in [6.45, 7) is 14.7. The molecule has 0 saturated carbocycles. The molecule has 1 fully saturated rings. The Hall–Kier alpha value is -1.30. The molecule has 0 atom stereocenters. The Labute approximate surface area is 263 Å². The summed E-state index contributed by atoms with van der Waals surface area (Å²) in [6.07, 6.45) is 0.859. The van der Waals surface area contributed by atoms with E-state index in [0.717, 1.165) is 26.2 Å². The molecule has 0 unspecified atom stereocenters. The Bertz CT molecular complexity index is 654. The Morgan fingerprint density at radius 3 is 0.932 bits per heavy atom. The van der Waals surface area contributed by atoms with Crippen molar-refractivity contribution < 1.29 is 57.0 Å². The second kappa shape index (κ2) is 31.7. The van der Waals surface area contributed by atoms with Gasteiger partial charge < -0.3 is 57.2 Å². The quantitative estimate of drug-likeness (QED) is 0.0914. The molecule has 0 aliphatic carbocycles. The van der Waals surface area contributed by atoms with Gasteiger partial charge in [-0.2, -0.15) is 0 Å². The van der Waals surface area contributed by atoms with E-state index in [0.29, 0.717) is 145 Å². The molecule has 260 valence electrons. The van der Waals surface area contributed by atoms with Crippen molar-refractivity contribution in [2.24, 2.45) is 0 Å². The fourth-order valence-electron chi connectivity index (χ4n) is 3.67.